The molecule has 0 radical (unpaired) electrons. The summed E-state index contributed by atoms with van der Waals surface area (Å²) in [6.07, 6.45) is 2.71. The van der Waals surface area contributed by atoms with Crippen LogP contribution in [-0.4, -0.2) is 38.6 Å². The van der Waals surface area contributed by atoms with E-state index in [9.17, 15) is 9.59 Å². The molecule has 0 saturated carbocycles. The van der Waals surface area contributed by atoms with E-state index in [1.165, 1.54) is 12.4 Å². The molecular weight excluding hydrogens is 326 g/mol. The summed E-state index contributed by atoms with van der Waals surface area (Å²) < 4.78 is 10.2. The first-order valence-electron chi connectivity index (χ1n) is 7.26. The Labute approximate surface area is 142 Å². The van der Waals surface area contributed by atoms with Gasteiger partial charge >= 0.3 is 12.0 Å². The molecule has 0 aliphatic rings. The van der Waals surface area contributed by atoms with Gasteiger partial charge < -0.3 is 9.15 Å². The maximum absolute atomic E-state index is 11.8. The molecule has 3 aromatic rings. The van der Waals surface area contributed by atoms with Crippen molar-refractivity contribution in [1.82, 2.24) is 20.2 Å². The van der Waals surface area contributed by atoms with E-state index >= 15 is 0 Å². The quantitative estimate of drug-likeness (QED) is 0.696. The van der Waals surface area contributed by atoms with Crippen LogP contribution in [0.1, 0.15) is 16.2 Å². The van der Waals surface area contributed by atoms with Crippen molar-refractivity contribution in [2.75, 3.05) is 11.9 Å². The molecule has 2 aromatic heterocycles. The molecule has 0 atom stereocenters. The lowest BCUT2D eigenvalue weighted by molar-refractivity contribution is -0.119. The van der Waals surface area contributed by atoms with Crippen molar-refractivity contribution in [3.8, 4) is 11.5 Å². The van der Waals surface area contributed by atoms with Gasteiger partial charge in [0.1, 0.15) is 0 Å². The molecule has 0 fully saturated rings. The lowest BCUT2D eigenvalue weighted by atomic mass is 10.2. The molecule has 9 nitrogen and oxygen atoms in total. The van der Waals surface area contributed by atoms with Crippen LogP contribution in [0.25, 0.3) is 11.5 Å². The topological polar surface area (TPSA) is 120 Å². The summed E-state index contributed by atoms with van der Waals surface area (Å²) in [5, 5.41) is 9.90. The summed E-state index contributed by atoms with van der Waals surface area (Å²) in [7, 11) is 0. The Bertz CT molecular complexity index is 877. The fourth-order valence-electron chi connectivity index (χ4n) is 1.83. The highest BCUT2D eigenvalue weighted by molar-refractivity contribution is 5.93. The molecule has 0 bridgehead atoms. The number of aryl methyl sites for hydroxylation is 1. The lowest BCUT2D eigenvalue weighted by Gasteiger charge is -2.03. The molecular formula is C16H13N5O4. The Morgan fingerprint density at radius 1 is 1.12 bits per heavy atom. The fraction of sp³-hybridized carbons (Fsp3) is 0.125. The standard InChI is InChI=1S/C16H13N5O4/c1-10-7-18-12(8-17-10)15(23)24-9-13(22)19-16-21-20-14(25-16)11-5-3-2-4-6-11/h2-8H,9H2,1H3,(H,19,21,22). The SMILES string of the molecule is Cc1cnc(C(=O)OCC(=O)Nc2nnc(-c3ccccc3)o2)cn1. The Balaban J connectivity index is 1.54. The minimum atomic E-state index is -0.752. The van der Waals surface area contributed by atoms with E-state index in [4.69, 9.17) is 9.15 Å². The van der Waals surface area contributed by atoms with Gasteiger partial charge in [-0.15, -0.1) is 5.10 Å². The average molecular weight is 339 g/mol. The second-order valence-corrected chi connectivity index (χ2v) is 4.95. The van der Waals surface area contributed by atoms with E-state index in [0.717, 1.165) is 5.56 Å². The van der Waals surface area contributed by atoms with Crippen LogP contribution < -0.4 is 5.32 Å². The number of rotatable bonds is 5. The van der Waals surface area contributed by atoms with Gasteiger partial charge in [-0.05, 0) is 19.1 Å². The number of amides is 1. The number of nitrogens with zero attached hydrogens (tertiary/aromatic N) is 4. The van der Waals surface area contributed by atoms with Gasteiger partial charge in [-0.25, -0.2) is 9.78 Å². The molecule has 1 N–H and O–H groups in total. The number of esters is 1. The van der Waals surface area contributed by atoms with Gasteiger partial charge in [-0.2, -0.15) is 0 Å². The number of hydrogen-bond acceptors (Lipinski definition) is 8. The molecule has 1 amide bonds. The van der Waals surface area contributed by atoms with E-state index in [0.29, 0.717) is 5.69 Å². The van der Waals surface area contributed by atoms with E-state index < -0.39 is 18.5 Å². The van der Waals surface area contributed by atoms with Crippen LogP contribution in [0.4, 0.5) is 6.01 Å². The third kappa shape index (κ3) is 4.22. The van der Waals surface area contributed by atoms with Crippen LogP contribution in [0.2, 0.25) is 0 Å². The van der Waals surface area contributed by atoms with Crippen molar-refractivity contribution in [2.24, 2.45) is 0 Å². The van der Waals surface area contributed by atoms with Crippen molar-refractivity contribution >= 4 is 17.9 Å². The van der Waals surface area contributed by atoms with Gasteiger partial charge in [-0.3, -0.25) is 15.1 Å². The normalized spacial score (nSPS) is 10.3. The monoisotopic (exact) mass is 339 g/mol. The van der Waals surface area contributed by atoms with Crippen molar-refractivity contribution < 1.29 is 18.7 Å². The predicted octanol–water partition coefficient (Wildman–Crippen LogP) is 1.63. The van der Waals surface area contributed by atoms with Crippen LogP contribution in [0.15, 0.2) is 47.1 Å². The largest absolute Gasteiger partial charge is 0.451 e. The van der Waals surface area contributed by atoms with E-state index in [2.05, 4.69) is 25.5 Å². The van der Waals surface area contributed by atoms with Gasteiger partial charge in [0.2, 0.25) is 5.89 Å². The van der Waals surface area contributed by atoms with Gasteiger partial charge in [-0.1, -0.05) is 23.3 Å². The van der Waals surface area contributed by atoms with Crippen molar-refractivity contribution in [3.05, 3.63) is 54.1 Å². The van der Waals surface area contributed by atoms with Crippen LogP contribution in [0, 0.1) is 6.92 Å². The summed E-state index contributed by atoms with van der Waals surface area (Å²) >= 11 is 0. The summed E-state index contributed by atoms with van der Waals surface area (Å²) in [6.45, 7) is 1.22. The van der Waals surface area contributed by atoms with Crippen LogP contribution in [-0.2, 0) is 9.53 Å². The van der Waals surface area contributed by atoms with Gasteiger partial charge in [0.05, 0.1) is 11.9 Å². The first-order valence-corrected chi connectivity index (χ1v) is 7.26. The number of anilines is 1. The summed E-state index contributed by atoms with van der Waals surface area (Å²) in [6, 6.07) is 9.01. The zero-order valence-corrected chi connectivity index (χ0v) is 13.2. The zero-order chi connectivity index (χ0) is 17.6. The minimum absolute atomic E-state index is 0.0163. The van der Waals surface area contributed by atoms with E-state index in [1.54, 1.807) is 19.1 Å². The molecule has 0 aliphatic heterocycles. The van der Waals surface area contributed by atoms with Crippen LogP contribution in [0.5, 0.6) is 0 Å². The number of benzene rings is 1. The average Bonchev–Trinajstić information content (AvgIpc) is 3.09. The highest BCUT2D eigenvalue weighted by Gasteiger charge is 2.14. The minimum Gasteiger partial charge on any atom is -0.451 e. The van der Waals surface area contributed by atoms with Crippen molar-refractivity contribution in [2.45, 2.75) is 6.92 Å². The van der Waals surface area contributed by atoms with Gasteiger partial charge in [0, 0.05) is 11.8 Å². The van der Waals surface area contributed by atoms with Crippen molar-refractivity contribution in [1.29, 1.82) is 0 Å². The smallest absolute Gasteiger partial charge is 0.359 e. The molecule has 0 spiro atoms. The highest BCUT2D eigenvalue weighted by atomic mass is 16.5. The number of ether oxygens (including phenoxy) is 1. The first-order chi connectivity index (χ1) is 12.1. The van der Waals surface area contributed by atoms with Gasteiger partial charge in [0.25, 0.3) is 5.91 Å². The number of hydrogen-bond donors (Lipinski definition) is 1. The molecule has 0 saturated heterocycles. The Kier molecular flexibility index (Phi) is 4.74. The van der Waals surface area contributed by atoms with E-state index in [-0.39, 0.29) is 17.6 Å². The number of nitrogens with one attached hydrogen (secondary N) is 1. The van der Waals surface area contributed by atoms with E-state index in [1.807, 2.05) is 18.2 Å². The summed E-state index contributed by atoms with van der Waals surface area (Å²) in [4.78, 5) is 31.3. The zero-order valence-electron chi connectivity index (χ0n) is 13.2. The Hall–Kier alpha value is -3.62. The number of aromatic nitrogens is 4. The van der Waals surface area contributed by atoms with Crippen LogP contribution in [0.3, 0.4) is 0 Å². The Morgan fingerprint density at radius 3 is 2.64 bits per heavy atom. The molecule has 1 aromatic carbocycles. The van der Waals surface area contributed by atoms with Gasteiger partial charge in [0.15, 0.2) is 12.3 Å². The highest BCUT2D eigenvalue weighted by Crippen LogP contribution is 2.18. The summed E-state index contributed by atoms with van der Waals surface area (Å²) in [5.74, 6) is -1.10. The third-order valence-electron chi connectivity index (χ3n) is 3.02. The number of carbonyl (C=O) groups is 2. The van der Waals surface area contributed by atoms with Crippen LogP contribution >= 0.6 is 0 Å². The molecule has 9 heteroatoms. The maximum Gasteiger partial charge on any atom is 0.359 e. The fourth-order valence-corrected chi connectivity index (χ4v) is 1.83. The second kappa shape index (κ2) is 7.30. The molecule has 25 heavy (non-hydrogen) atoms. The molecule has 0 aliphatic carbocycles. The lowest BCUT2D eigenvalue weighted by Crippen LogP contribution is -2.21. The molecule has 3 rings (SSSR count). The third-order valence-corrected chi connectivity index (χ3v) is 3.02. The molecule has 2 heterocycles. The Morgan fingerprint density at radius 2 is 1.92 bits per heavy atom. The number of carbonyl (C=O) groups excluding carboxylic acids is 2. The molecule has 126 valence electrons. The first kappa shape index (κ1) is 16.2. The maximum atomic E-state index is 11.8. The predicted molar refractivity (Wildman–Crippen MR) is 85.4 cm³/mol. The van der Waals surface area contributed by atoms with Crippen molar-refractivity contribution in [3.63, 3.8) is 0 Å². The summed E-state index contributed by atoms with van der Waals surface area (Å²) in [5.41, 5.74) is 1.40. The second-order valence-electron chi connectivity index (χ2n) is 4.95. The molecule has 0 unspecified atom stereocenters.